The smallest absolute Gasteiger partial charge is 0.101 e. The van der Waals surface area contributed by atoms with Crippen LogP contribution >= 0.6 is 0 Å². The van der Waals surface area contributed by atoms with Gasteiger partial charge in [-0.3, -0.25) is 0 Å². The molecule has 0 rings (SSSR count). The maximum Gasteiger partial charge on any atom is 0.101 e. The highest BCUT2D eigenvalue weighted by molar-refractivity contribution is 4.63. The van der Waals surface area contributed by atoms with E-state index in [2.05, 4.69) is 13.8 Å². The number of rotatable bonds is 30. The first-order valence-electron chi connectivity index (χ1n) is 15.8. The Morgan fingerprint density at radius 3 is 1.00 bits per heavy atom. The number of aliphatic hydroxyl groups is 3. The first kappa shape index (κ1) is 35.8. The summed E-state index contributed by atoms with van der Waals surface area (Å²) in [6.07, 6.45) is 26.3. The Hall–Kier alpha value is -0.200. The first-order chi connectivity index (χ1) is 17.7. The monoisotopic (exact) mass is 516 g/mol. The summed E-state index contributed by atoms with van der Waals surface area (Å²) >= 11 is 0. The SMILES string of the molecule is CCCCCCCCCCCCC(CO)OCC(O)COC(CO)CCCCCCCCCCCC. The average molecular weight is 517 g/mol. The molecule has 5 heteroatoms. The molecule has 0 aromatic heterocycles. The molecule has 36 heavy (non-hydrogen) atoms. The van der Waals surface area contributed by atoms with E-state index in [1.54, 1.807) is 0 Å². The summed E-state index contributed by atoms with van der Waals surface area (Å²) in [4.78, 5) is 0. The third-order valence-electron chi connectivity index (χ3n) is 7.22. The molecule has 5 nitrogen and oxygen atoms in total. The van der Waals surface area contributed by atoms with E-state index >= 15 is 0 Å². The van der Waals surface area contributed by atoms with Crippen molar-refractivity contribution >= 4 is 0 Å². The van der Waals surface area contributed by atoms with E-state index in [1.165, 1.54) is 116 Å². The van der Waals surface area contributed by atoms with E-state index in [4.69, 9.17) is 9.47 Å². The molecule has 0 saturated carbocycles. The van der Waals surface area contributed by atoms with E-state index in [9.17, 15) is 15.3 Å². The Morgan fingerprint density at radius 1 is 0.444 bits per heavy atom. The zero-order valence-electron chi connectivity index (χ0n) is 24.3. The van der Waals surface area contributed by atoms with Crippen molar-refractivity contribution in [3.05, 3.63) is 0 Å². The molecule has 2 atom stereocenters. The van der Waals surface area contributed by atoms with Crippen molar-refractivity contribution in [2.75, 3.05) is 26.4 Å². The predicted molar refractivity (Wildman–Crippen MR) is 153 cm³/mol. The van der Waals surface area contributed by atoms with Gasteiger partial charge in [0.2, 0.25) is 0 Å². The Morgan fingerprint density at radius 2 is 0.722 bits per heavy atom. The topological polar surface area (TPSA) is 79.2 Å². The number of hydrogen-bond acceptors (Lipinski definition) is 5. The van der Waals surface area contributed by atoms with Gasteiger partial charge in [0.25, 0.3) is 0 Å². The van der Waals surface area contributed by atoms with Crippen molar-refractivity contribution in [2.24, 2.45) is 0 Å². The molecule has 0 aromatic carbocycles. The number of ether oxygens (including phenoxy) is 2. The van der Waals surface area contributed by atoms with Crippen LogP contribution in [-0.4, -0.2) is 60.1 Å². The Balaban J connectivity index is 3.66. The van der Waals surface area contributed by atoms with Crippen LogP contribution in [0.2, 0.25) is 0 Å². The normalized spacial score (nSPS) is 14.2. The number of hydrogen-bond donors (Lipinski definition) is 3. The lowest BCUT2D eigenvalue weighted by Gasteiger charge is -2.21. The zero-order chi connectivity index (χ0) is 26.5. The lowest BCUT2D eigenvalue weighted by atomic mass is 10.0. The minimum Gasteiger partial charge on any atom is -0.394 e. The van der Waals surface area contributed by atoms with Crippen LogP contribution in [0, 0.1) is 0 Å². The molecule has 218 valence electrons. The fourth-order valence-corrected chi connectivity index (χ4v) is 4.72. The van der Waals surface area contributed by atoms with Crippen LogP contribution in [0.25, 0.3) is 0 Å². The van der Waals surface area contributed by atoms with Crippen LogP contribution in [0.5, 0.6) is 0 Å². The maximum atomic E-state index is 10.2. The molecular formula is C31H64O5. The van der Waals surface area contributed by atoms with Crippen molar-refractivity contribution in [3.63, 3.8) is 0 Å². The van der Waals surface area contributed by atoms with E-state index in [1.807, 2.05) is 0 Å². The van der Waals surface area contributed by atoms with Gasteiger partial charge < -0.3 is 24.8 Å². The van der Waals surface area contributed by atoms with Gasteiger partial charge in [-0.2, -0.15) is 0 Å². The Bertz CT molecular complexity index is 370. The fraction of sp³-hybridized carbons (Fsp3) is 1.00. The summed E-state index contributed by atoms with van der Waals surface area (Å²) in [5, 5.41) is 29.4. The van der Waals surface area contributed by atoms with E-state index in [0.29, 0.717) is 0 Å². The van der Waals surface area contributed by atoms with Crippen LogP contribution in [0.4, 0.5) is 0 Å². The van der Waals surface area contributed by atoms with Crippen molar-refractivity contribution in [2.45, 2.75) is 173 Å². The molecule has 0 radical (unpaired) electrons. The molecule has 0 aromatic rings. The van der Waals surface area contributed by atoms with Crippen LogP contribution in [0.1, 0.15) is 155 Å². The van der Waals surface area contributed by atoms with Gasteiger partial charge in [-0.25, -0.2) is 0 Å². The number of unbranched alkanes of at least 4 members (excludes halogenated alkanes) is 18. The molecule has 0 saturated heterocycles. The van der Waals surface area contributed by atoms with Gasteiger partial charge in [-0.1, -0.05) is 142 Å². The molecule has 3 N–H and O–H groups in total. The lowest BCUT2D eigenvalue weighted by Crippen LogP contribution is -2.30. The fourth-order valence-electron chi connectivity index (χ4n) is 4.72. The minimum atomic E-state index is -0.728. The summed E-state index contributed by atoms with van der Waals surface area (Å²) in [5.41, 5.74) is 0. The van der Waals surface area contributed by atoms with Gasteiger partial charge in [-0.05, 0) is 12.8 Å². The highest BCUT2D eigenvalue weighted by Crippen LogP contribution is 2.15. The molecule has 0 aliphatic heterocycles. The van der Waals surface area contributed by atoms with Gasteiger partial charge in [0.1, 0.15) is 6.10 Å². The van der Waals surface area contributed by atoms with E-state index < -0.39 is 6.10 Å². The molecule has 0 heterocycles. The summed E-state index contributed by atoms with van der Waals surface area (Å²) in [7, 11) is 0. The standard InChI is InChI=1S/C31H64O5/c1-3-5-7-9-11-13-15-17-19-21-23-30(25-32)35-27-29(34)28-36-31(26-33)24-22-20-18-16-14-12-10-8-6-4-2/h29-34H,3-28H2,1-2H3. The van der Waals surface area contributed by atoms with Crippen molar-refractivity contribution < 1.29 is 24.8 Å². The zero-order valence-corrected chi connectivity index (χ0v) is 24.3. The van der Waals surface area contributed by atoms with Gasteiger partial charge in [0.05, 0.1) is 38.6 Å². The lowest BCUT2D eigenvalue weighted by molar-refractivity contribution is -0.0817. The largest absolute Gasteiger partial charge is 0.394 e. The summed E-state index contributed by atoms with van der Waals surface area (Å²) in [5.74, 6) is 0. The predicted octanol–water partition coefficient (Wildman–Crippen LogP) is 7.72. The van der Waals surface area contributed by atoms with Gasteiger partial charge >= 0.3 is 0 Å². The van der Waals surface area contributed by atoms with Crippen molar-refractivity contribution in [1.82, 2.24) is 0 Å². The second-order valence-electron chi connectivity index (χ2n) is 10.9. The summed E-state index contributed by atoms with van der Waals surface area (Å²) < 4.78 is 11.5. The minimum absolute atomic E-state index is 0.0109. The molecule has 2 unspecified atom stereocenters. The molecular weight excluding hydrogens is 452 g/mol. The average Bonchev–Trinajstić information content (AvgIpc) is 2.89. The van der Waals surface area contributed by atoms with Crippen LogP contribution < -0.4 is 0 Å². The Kier molecular flexibility index (Phi) is 29.2. The molecule has 0 bridgehead atoms. The summed E-state index contributed by atoms with van der Waals surface area (Å²) in [6.45, 7) is 4.82. The Labute approximate surface area is 224 Å². The highest BCUT2D eigenvalue weighted by atomic mass is 16.5. The van der Waals surface area contributed by atoms with Crippen LogP contribution in [0.3, 0.4) is 0 Å². The second-order valence-corrected chi connectivity index (χ2v) is 10.9. The van der Waals surface area contributed by atoms with Gasteiger partial charge in [0, 0.05) is 0 Å². The van der Waals surface area contributed by atoms with E-state index in [-0.39, 0.29) is 38.6 Å². The second kappa shape index (κ2) is 29.4. The molecule has 0 aliphatic rings. The third-order valence-corrected chi connectivity index (χ3v) is 7.22. The molecule has 0 spiro atoms. The third kappa shape index (κ3) is 25.4. The van der Waals surface area contributed by atoms with Crippen LogP contribution in [-0.2, 0) is 9.47 Å². The van der Waals surface area contributed by atoms with Gasteiger partial charge in [0.15, 0.2) is 0 Å². The number of aliphatic hydroxyl groups excluding tert-OH is 3. The first-order valence-corrected chi connectivity index (χ1v) is 15.8. The quantitative estimate of drug-likeness (QED) is 0.0851. The maximum absolute atomic E-state index is 10.2. The van der Waals surface area contributed by atoms with Gasteiger partial charge in [-0.15, -0.1) is 0 Å². The van der Waals surface area contributed by atoms with Crippen molar-refractivity contribution in [1.29, 1.82) is 0 Å². The molecule has 0 amide bonds. The molecule has 0 aliphatic carbocycles. The molecule has 0 fully saturated rings. The van der Waals surface area contributed by atoms with Crippen molar-refractivity contribution in [3.8, 4) is 0 Å². The van der Waals surface area contributed by atoms with Crippen LogP contribution in [0.15, 0.2) is 0 Å². The highest BCUT2D eigenvalue weighted by Gasteiger charge is 2.14. The summed E-state index contributed by atoms with van der Waals surface area (Å²) in [6, 6.07) is 0. The van der Waals surface area contributed by atoms with E-state index in [0.717, 1.165) is 25.7 Å².